The van der Waals surface area contributed by atoms with Gasteiger partial charge >= 0.3 is 0 Å². The Hall–Kier alpha value is -2.69. The number of carbonyl (C=O) groups is 2. The van der Waals surface area contributed by atoms with Crippen molar-refractivity contribution in [1.29, 1.82) is 0 Å². The summed E-state index contributed by atoms with van der Waals surface area (Å²) in [7, 11) is 0. The summed E-state index contributed by atoms with van der Waals surface area (Å²) in [6.45, 7) is -0.295. The molecule has 4 nitrogen and oxygen atoms in total. The quantitative estimate of drug-likeness (QED) is 0.875. The molecular formula is C16H13FN2O2. The Bertz CT molecular complexity index is 688. The van der Waals surface area contributed by atoms with Crippen LogP contribution in [0.25, 0.3) is 0 Å². The largest absolute Gasteiger partial charge is 0.322 e. The van der Waals surface area contributed by atoms with Crippen molar-refractivity contribution in [3.8, 4) is 0 Å². The molecular weight excluding hydrogens is 271 g/mol. The second kappa shape index (κ2) is 5.36. The molecule has 1 heterocycles. The van der Waals surface area contributed by atoms with Crippen molar-refractivity contribution >= 4 is 23.2 Å². The number of hydrogen-bond acceptors (Lipinski definition) is 2. The minimum atomic E-state index is -1.76. The van der Waals surface area contributed by atoms with Crippen LogP contribution < -0.4 is 10.2 Å². The van der Waals surface area contributed by atoms with Crippen LogP contribution in [0.15, 0.2) is 54.6 Å². The Morgan fingerprint density at radius 3 is 2.52 bits per heavy atom. The molecule has 1 aliphatic rings. The number of hydrogen-bond donors (Lipinski definition) is 1. The minimum absolute atomic E-state index is 0.295. The average Bonchev–Trinajstić information content (AvgIpc) is 2.65. The molecule has 0 bridgehead atoms. The molecule has 0 spiro atoms. The van der Waals surface area contributed by atoms with Crippen molar-refractivity contribution < 1.29 is 14.0 Å². The number of para-hydroxylation sites is 2. The number of halogens is 1. The number of benzene rings is 2. The van der Waals surface area contributed by atoms with Crippen molar-refractivity contribution in [2.75, 3.05) is 16.8 Å². The fourth-order valence-corrected chi connectivity index (χ4v) is 2.30. The van der Waals surface area contributed by atoms with E-state index in [2.05, 4.69) is 5.32 Å². The summed E-state index contributed by atoms with van der Waals surface area (Å²) >= 11 is 0. The zero-order chi connectivity index (χ0) is 14.8. The van der Waals surface area contributed by atoms with Crippen LogP contribution >= 0.6 is 0 Å². The number of rotatable bonds is 1. The van der Waals surface area contributed by atoms with Crippen LogP contribution in [0.4, 0.5) is 15.8 Å². The molecule has 0 aliphatic carbocycles. The third kappa shape index (κ3) is 2.50. The van der Waals surface area contributed by atoms with E-state index in [9.17, 15) is 14.0 Å². The predicted molar refractivity (Wildman–Crippen MR) is 78.1 cm³/mol. The van der Waals surface area contributed by atoms with Crippen molar-refractivity contribution in [3.05, 3.63) is 60.2 Å². The van der Waals surface area contributed by atoms with Crippen molar-refractivity contribution in [3.63, 3.8) is 0 Å². The summed E-state index contributed by atoms with van der Waals surface area (Å²) in [6.07, 6.45) is -1.76. The minimum Gasteiger partial charge on any atom is -0.322 e. The van der Waals surface area contributed by atoms with Gasteiger partial charge in [-0.25, -0.2) is 4.39 Å². The second-order valence-corrected chi connectivity index (χ2v) is 4.76. The molecule has 0 fully saturated rings. The zero-order valence-electron chi connectivity index (χ0n) is 11.1. The maximum atomic E-state index is 13.9. The molecule has 0 unspecified atom stereocenters. The number of fused-ring (bicyclic) bond motifs is 1. The Labute approximate surface area is 121 Å². The lowest BCUT2D eigenvalue weighted by Crippen LogP contribution is -2.38. The second-order valence-electron chi connectivity index (χ2n) is 4.76. The van der Waals surface area contributed by atoms with Gasteiger partial charge in [-0.3, -0.25) is 9.59 Å². The first-order valence-corrected chi connectivity index (χ1v) is 6.57. The van der Waals surface area contributed by atoms with Crippen molar-refractivity contribution in [1.82, 2.24) is 0 Å². The smallest absolute Gasteiger partial charge is 0.260 e. The number of anilines is 2. The number of alkyl halides is 1. The summed E-state index contributed by atoms with van der Waals surface area (Å²) in [5, 5.41) is 2.50. The Balaban J connectivity index is 2.04. The Morgan fingerprint density at radius 1 is 1.10 bits per heavy atom. The highest BCUT2D eigenvalue weighted by Gasteiger charge is 2.31. The highest BCUT2D eigenvalue weighted by molar-refractivity contribution is 6.11. The number of carbonyl (C=O) groups excluding carboxylic acids is 2. The van der Waals surface area contributed by atoms with E-state index in [4.69, 9.17) is 0 Å². The van der Waals surface area contributed by atoms with E-state index < -0.39 is 12.1 Å². The van der Waals surface area contributed by atoms with Crippen LogP contribution in [0, 0.1) is 0 Å². The summed E-state index contributed by atoms with van der Waals surface area (Å²) < 4.78 is 13.9. The first kappa shape index (κ1) is 13.3. The van der Waals surface area contributed by atoms with E-state index in [0.717, 1.165) is 0 Å². The van der Waals surface area contributed by atoms with Gasteiger partial charge in [-0.05, 0) is 24.3 Å². The molecule has 1 N–H and O–H groups in total. The highest BCUT2D eigenvalue weighted by atomic mass is 19.1. The van der Waals surface area contributed by atoms with Crippen LogP contribution in [0.3, 0.4) is 0 Å². The number of amides is 2. The van der Waals surface area contributed by atoms with E-state index in [1.807, 2.05) is 0 Å². The summed E-state index contributed by atoms with van der Waals surface area (Å²) in [4.78, 5) is 25.5. The van der Waals surface area contributed by atoms with Gasteiger partial charge in [-0.15, -0.1) is 0 Å². The van der Waals surface area contributed by atoms with Gasteiger partial charge in [0.05, 0.1) is 17.9 Å². The fraction of sp³-hybridized carbons (Fsp3) is 0.125. The van der Waals surface area contributed by atoms with Gasteiger partial charge in [0.25, 0.3) is 11.8 Å². The molecule has 0 radical (unpaired) electrons. The van der Waals surface area contributed by atoms with Gasteiger partial charge in [0.2, 0.25) is 0 Å². The molecule has 2 amide bonds. The first-order valence-electron chi connectivity index (χ1n) is 6.57. The van der Waals surface area contributed by atoms with Gasteiger partial charge in [0, 0.05) is 5.56 Å². The fourth-order valence-electron chi connectivity index (χ4n) is 2.30. The molecule has 3 rings (SSSR count). The van der Waals surface area contributed by atoms with E-state index in [1.54, 1.807) is 54.6 Å². The molecule has 1 atom stereocenters. The molecule has 1 aliphatic heterocycles. The number of nitrogens with zero attached hydrogens (tertiary/aromatic N) is 1. The van der Waals surface area contributed by atoms with Crippen LogP contribution in [-0.2, 0) is 4.79 Å². The van der Waals surface area contributed by atoms with E-state index >= 15 is 0 Å². The van der Waals surface area contributed by atoms with Gasteiger partial charge in [-0.2, -0.15) is 0 Å². The zero-order valence-corrected chi connectivity index (χ0v) is 11.1. The molecule has 5 heteroatoms. The maximum absolute atomic E-state index is 13.9. The molecule has 2 aromatic carbocycles. The van der Waals surface area contributed by atoms with E-state index in [-0.39, 0.29) is 12.5 Å². The first-order chi connectivity index (χ1) is 10.2. The molecule has 0 aromatic heterocycles. The lowest BCUT2D eigenvalue weighted by atomic mass is 10.1. The Morgan fingerprint density at radius 2 is 1.76 bits per heavy atom. The van der Waals surface area contributed by atoms with Gasteiger partial charge in [0.15, 0.2) is 6.17 Å². The van der Waals surface area contributed by atoms with Gasteiger partial charge in [-0.1, -0.05) is 30.3 Å². The van der Waals surface area contributed by atoms with Crippen molar-refractivity contribution in [2.45, 2.75) is 6.17 Å². The summed E-state index contributed by atoms with van der Waals surface area (Å²) in [6, 6.07) is 15.4. The van der Waals surface area contributed by atoms with Gasteiger partial charge in [0.1, 0.15) is 0 Å². The third-order valence-electron chi connectivity index (χ3n) is 3.35. The standard InChI is InChI=1S/C16H13FN2O2/c17-12-10-19(16(21)11-6-2-1-3-7-11)14-9-5-4-8-13(14)18-15(12)20/h1-9,12H,10H2,(H,18,20)/t12-/m0/s1. The monoisotopic (exact) mass is 284 g/mol. The van der Waals surface area contributed by atoms with Crippen LogP contribution in [-0.4, -0.2) is 24.5 Å². The van der Waals surface area contributed by atoms with Crippen LogP contribution in [0.5, 0.6) is 0 Å². The maximum Gasteiger partial charge on any atom is 0.260 e. The molecule has 0 saturated carbocycles. The molecule has 21 heavy (non-hydrogen) atoms. The highest BCUT2D eigenvalue weighted by Crippen LogP contribution is 2.30. The van der Waals surface area contributed by atoms with Gasteiger partial charge < -0.3 is 10.2 Å². The lowest BCUT2D eigenvalue weighted by Gasteiger charge is -2.22. The van der Waals surface area contributed by atoms with Crippen LogP contribution in [0.1, 0.15) is 10.4 Å². The topological polar surface area (TPSA) is 49.4 Å². The third-order valence-corrected chi connectivity index (χ3v) is 3.35. The molecule has 0 saturated heterocycles. The predicted octanol–water partition coefficient (Wildman–Crippen LogP) is 2.62. The average molecular weight is 284 g/mol. The van der Waals surface area contributed by atoms with E-state index in [0.29, 0.717) is 16.9 Å². The lowest BCUT2D eigenvalue weighted by molar-refractivity contribution is -0.120. The van der Waals surface area contributed by atoms with E-state index in [1.165, 1.54) is 4.90 Å². The molecule has 2 aromatic rings. The molecule has 106 valence electrons. The SMILES string of the molecule is O=C1Nc2ccccc2N(C(=O)c2ccccc2)C[C@@H]1F. The summed E-state index contributed by atoms with van der Waals surface area (Å²) in [5.41, 5.74) is 1.39. The normalized spacial score (nSPS) is 17.7. The summed E-state index contributed by atoms with van der Waals surface area (Å²) in [5.74, 6) is -1.06. The number of nitrogens with one attached hydrogen (secondary N) is 1. The van der Waals surface area contributed by atoms with Crippen LogP contribution in [0.2, 0.25) is 0 Å². The van der Waals surface area contributed by atoms with Crippen molar-refractivity contribution in [2.24, 2.45) is 0 Å². The Kier molecular flexibility index (Phi) is 3.39.